The molecule has 0 saturated carbocycles. The van der Waals surface area contributed by atoms with Crippen LogP contribution >= 0.6 is 0 Å². The molecule has 1 fully saturated rings. The summed E-state index contributed by atoms with van der Waals surface area (Å²) in [6.45, 7) is 7.48. The molecule has 1 aliphatic rings. The first-order chi connectivity index (χ1) is 7.88. The average molecular weight is 217 g/mol. The summed E-state index contributed by atoms with van der Waals surface area (Å²) >= 11 is 0. The smallest absolute Gasteiger partial charge is 0.0342 e. The lowest BCUT2D eigenvalue weighted by Crippen LogP contribution is -2.39. The highest BCUT2D eigenvalue weighted by atomic mass is 15.1. The van der Waals surface area contributed by atoms with Gasteiger partial charge in [0.1, 0.15) is 0 Å². The van der Waals surface area contributed by atoms with Crippen molar-refractivity contribution in [3.05, 3.63) is 37.3 Å². The van der Waals surface area contributed by atoms with E-state index in [2.05, 4.69) is 47.5 Å². The number of hydrogen-bond acceptors (Lipinski definition) is 2. The summed E-state index contributed by atoms with van der Waals surface area (Å²) in [5, 5.41) is 3.60. The summed E-state index contributed by atoms with van der Waals surface area (Å²) in [6, 6.07) is 11.1. The van der Waals surface area contributed by atoms with E-state index in [-0.39, 0.29) is 0 Å². The van der Waals surface area contributed by atoms with Gasteiger partial charge in [-0.2, -0.15) is 0 Å². The van der Waals surface area contributed by atoms with Gasteiger partial charge >= 0.3 is 0 Å². The summed E-state index contributed by atoms with van der Waals surface area (Å²) in [7, 11) is 0. The molecule has 1 aliphatic heterocycles. The molecule has 1 aromatic rings. The lowest BCUT2D eigenvalue weighted by molar-refractivity contribution is 0.222. The van der Waals surface area contributed by atoms with Crippen molar-refractivity contribution in [3.63, 3.8) is 0 Å². The second-order valence-electron chi connectivity index (χ2n) is 4.48. The molecule has 1 heterocycles. The molecule has 87 valence electrons. The zero-order valence-electron chi connectivity index (χ0n) is 9.86. The molecule has 0 aliphatic carbocycles. The highest BCUT2D eigenvalue weighted by Gasteiger charge is 2.17. The second-order valence-corrected chi connectivity index (χ2v) is 4.48. The van der Waals surface area contributed by atoms with Crippen molar-refractivity contribution in [1.29, 1.82) is 0 Å². The van der Waals surface area contributed by atoms with Gasteiger partial charge in [-0.3, -0.25) is 0 Å². The molecule has 16 heavy (non-hydrogen) atoms. The minimum Gasteiger partial charge on any atom is -0.382 e. The first-order valence-corrected chi connectivity index (χ1v) is 6.21. The third kappa shape index (κ3) is 3.24. The Morgan fingerprint density at radius 2 is 1.88 bits per heavy atom. The van der Waals surface area contributed by atoms with E-state index >= 15 is 0 Å². The molecule has 2 rings (SSSR count). The van der Waals surface area contributed by atoms with Crippen molar-refractivity contribution in [2.45, 2.75) is 25.3 Å². The maximum Gasteiger partial charge on any atom is 0.0342 e. The largest absolute Gasteiger partial charge is 0.382 e. The number of para-hydroxylation sites is 1. The Balaban J connectivity index is 1.77. The lowest BCUT2D eigenvalue weighted by Gasteiger charge is -2.32. The third-order valence-electron chi connectivity index (χ3n) is 3.21. The average Bonchev–Trinajstić information content (AvgIpc) is 2.33. The summed E-state index contributed by atoms with van der Waals surface area (Å²) in [5.41, 5.74) is 1.25. The summed E-state index contributed by atoms with van der Waals surface area (Å²) in [5.74, 6) is 0. The fourth-order valence-corrected chi connectivity index (χ4v) is 2.29. The van der Waals surface area contributed by atoms with E-state index in [1.54, 1.807) is 0 Å². The molecule has 1 aromatic carbocycles. The van der Waals surface area contributed by atoms with Crippen LogP contribution in [0, 0.1) is 6.92 Å². The minimum atomic E-state index is 0.642. The Morgan fingerprint density at radius 1 is 1.19 bits per heavy atom. The maximum atomic E-state index is 3.91. The van der Waals surface area contributed by atoms with Crippen molar-refractivity contribution in [3.8, 4) is 0 Å². The quantitative estimate of drug-likeness (QED) is 0.834. The molecule has 1 saturated heterocycles. The van der Waals surface area contributed by atoms with Gasteiger partial charge < -0.3 is 10.2 Å². The van der Waals surface area contributed by atoms with Crippen LogP contribution in [0.2, 0.25) is 0 Å². The van der Waals surface area contributed by atoms with Crippen LogP contribution in [0.5, 0.6) is 0 Å². The van der Waals surface area contributed by atoms with Crippen molar-refractivity contribution in [1.82, 2.24) is 4.90 Å². The van der Waals surface area contributed by atoms with Gasteiger partial charge in [0.05, 0.1) is 0 Å². The number of hydrogen-bond donors (Lipinski definition) is 1. The zero-order valence-corrected chi connectivity index (χ0v) is 9.86. The molecule has 0 spiro atoms. The normalized spacial score (nSPS) is 18.6. The van der Waals surface area contributed by atoms with Crippen molar-refractivity contribution in [2.24, 2.45) is 0 Å². The van der Waals surface area contributed by atoms with Gasteiger partial charge in [0.15, 0.2) is 0 Å². The Hall–Kier alpha value is -1.02. The number of nitrogens with one attached hydrogen (secondary N) is 1. The number of anilines is 1. The van der Waals surface area contributed by atoms with E-state index < -0.39 is 0 Å². The summed E-state index contributed by atoms with van der Waals surface area (Å²) in [4.78, 5) is 2.51. The molecule has 1 N–H and O–H groups in total. The monoisotopic (exact) mass is 217 g/mol. The van der Waals surface area contributed by atoms with Crippen LogP contribution < -0.4 is 5.32 Å². The van der Waals surface area contributed by atoms with Crippen LogP contribution in [0.3, 0.4) is 0 Å². The number of benzene rings is 1. The molecular weight excluding hydrogens is 196 g/mol. The number of likely N-dealkylation sites (tertiary alicyclic amines) is 1. The fourth-order valence-electron chi connectivity index (χ4n) is 2.29. The SMILES string of the molecule is [CH2]CCN1CCC(Nc2ccccc2)CC1. The van der Waals surface area contributed by atoms with Gasteiger partial charge in [0.2, 0.25) is 0 Å². The topological polar surface area (TPSA) is 15.3 Å². The van der Waals surface area contributed by atoms with Crippen LogP contribution in [0.4, 0.5) is 5.69 Å². The van der Waals surface area contributed by atoms with E-state index in [0.29, 0.717) is 6.04 Å². The van der Waals surface area contributed by atoms with Crippen LogP contribution in [0.15, 0.2) is 30.3 Å². The van der Waals surface area contributed by atoms with E-state index in [1.165, 1.54) is 31.6 Å². The van der Waals surface area contributed by atoms with Gasteiger partial charge in [-0.1, -0.05) is 25.1 Å². The first-order valence-electron chi connectivity index (χ1n) is 6.21. The maximum absolute atomic E-state index is 3.91. The van der Waals surface area contributed by atoms with Gasteiger partial charge in [-0.25, -0.2) is 0 Å². The Morgan fingerprint density at radius 3 is 2.50 bits per heavy atom. The zero-order chi connectivity index (χ0) is 11.2. The molecular formula is C14H21N2. The Bertz CT molecular complexity index is 289. The van der Waals surface area contributed by atoms with Crippen LogP contribution in [-0.4, -0.2) is 30.6 Å². The van der Waals surface area contributed by atoms with Crippen molar-refractivity contribution in [2.75, 3.05) is 25.0 Å². The highest BCUT2D eigenvalue weighted by Crippen LogP contribution is 2.16. The molecule has 0 unspecified atom stereocenters. The van der Waals surface area contributed by atoms with E-state index in [9.17, 15) is 0 Å². The number of nitrogens with zero attached hydrogens (tertiary/aromatic N) is 1. The fraction of sp³-hybridized carbons (Fsp3) is 0.500. The van der Waals surface area contributed by atoms with Crippen LogP contribution in [0.25, 0.3) is 0 Å². The van der Waals surface area contributed by atoms with Gasteiger partial charge in [-0.05, 0) is 37.9 Å². The second kappa shape index (κ2) is 5.90. The number of rotatable bonds is 4. The minimum absolute atomic E-state index is 0.642. The molecule has 0 atom stereocenters. The van der Waals surface area contributed by atoms with Crippen LogP contribution in [0.1, 0.15) is 19.3 Å². The Labute approximate surface area is 98.7 Å². The van der Waals surface area contributed by atoms with Crippen LogP contribution in [-0.2, 0) is 0 Å². The Kier molecular flexibility index (Phi) is 4.23. The standard InChI is InChI=1S/C14H21N2/c1-2-10-16-11-8-14(9-12-16)15-13-6-4-3-5-7-13/h3-7,14-15H,1-2,8-12H2. The number of piperidine rings is 1. The van der Waals surface area contributed by atoms with E-state index in [0.717, 1.165) is 13.0 Å². The molecule has 0 aromatic heterocycles. The van der Waals surface area contributed by atoms with Gasteiger partial charge in [0, 0.05) is 24.8 Å². The first kappa shape index (κ1) is 11.5. The molecule has 2 nitrogen and oxygen atoms in total. The molecule has 1 radical (unpaired) electrons. The van der Waals surface area contributed by atoms with Crippen molar-refractivity contribution >= 4 is 5.69 Å². The predicted molar refractivity (Wildman–Crippen MR) is 69.5 cm³/mol. The van der Waals surface area contributed by atoms with Gasteiger partial charge in [0.25, 0.3) is 0 Å². The lowest BCUT2D eigenvalue weighted by atomic mass is 10.0. The van der Waals surface area contributed by atoms with E-state index in [4.69, 9.17) is 0 Å². The summed E-state index contributed by atoms with van der Waals surface area (Å²) < 4.78 is 0. The van der Waals surface area contributed by atoms with Gasteiger partial charge in [-0.15, -0.1) is 0 Å². The molecule has 0 bridgehead atoms. The van der Waals surface area contributed by atoms with Crippen molar-refractivity contribution < 1.29 is 0 Å². The molecule has 2 heteroatoms. The third-order valence-corrected chi connectivity index (χ3v) is 3.21. The predicted octanol–water partition coefficient (Wildman–Crippen LogP) is 2.79. The molecule has 0 amide bonds. The summed E-state index contributed by atoms with van der Waals surface area (Å²) in [6.07, 6.45) is 3.51. The van der Waals surface area contributed by atoms with E-state index in [1.807, 2.05) is 0 Å². The highest BCUT2D eigenvalue weighted by molar-refractivity contribution is 5.43.